The van der Waals surface area contributed by atoms with E-state index in [2.05, 4.69) is 5.32 Å². The number of amides is 2. The van der Waals surface area contributed by atoms with Crippen LogP contribution in [0.2, 0.25) is 0 Å². The van der Waals surface area contributed by atoms with Crippen LogP contribution in [0, 0.1) is 10.1 Å². The maximum Gasteiger partial charge on any atom is 0.274 e. The van der Waals surface area contributed by atoms with Crippen LogP contribution in [0.15, 0.2) is 41.3 Å². The van der Waals surface area contributed by atoms with E-state index in [0.717, 1.165) is 6.07 Å². The molecule has 1 N–H and O–H groups in total. The third-order valence-electron chi connectivity index (χ3n) is 3.40. The molecule has 1 aromatic carbocycles. The first-order chi connectivity index (χ1) is 11.7. The predicted molar refractivity (Wildman–Crippen MR) is 90.8 cm³/mol. The van der Waals surface area contributed by atoms with Gasteiger partial charge in [0, 0.05) is 45.0 Å². The van der Waals surface area contributed by atoms with E-state index in [1.165, 1.54) is 47.0 Å². The number of aromatic nitrogens is 1. The van der Waals surface area contributed by atoms with Crippen molar-refractivity contribution in [3.63, 3.8) is 0 Å². The number of carbonyl (C=O) groups excluding carboxylic acids is 2. The molecule has 1 aromatic heterocycles. The first-order valence-electron chi connectivity index (χ1n) is 7.19. The number of nitrogens with one attached hydrogen (secondary N) is 1. The Morgan fingerprint density at radius 1 is 1.20 bits per heavy atom. The summed E-state index contributed by atoms with van der Waals surface area (Å²) in [6.07, 6.45) is 1.37. The molecule has 0 spiro atoms. The average molecular weight is 344 g/mol. The van der Waals surface area contributed by atoms with Crippen LogP contribution in [0.4, 0.5) is 11.4 Å². The molecule has 0 aliphatic rings. The molecule has 0 bridgehead atoms. The van der Waals surface area contributed by atoms with Crippen molar-refractivity contribution in [2.45, 2.75) is 0 Å². The summed E-state index contributed by atoms with van der Waals surface area (Å²) >= 11 is 0. The minimum Gasteiger partial charge on any atom is -0.345 e. The molecular formula is C16H16N4O5. The Morgan fingerprint density at radius 3 is 2.48 bits per heavy atom. The molecule has 2 aromatic rings. The van der Waals surface area contributed by atoms with Crippen molar-refractivity contribution < 1.29 is 14.5 Å². The molecule has 9 heteroatoms. The van der Waals surface area contributed by atoms with Crippen molar-refractivity contribution in [1.82, 2.24) is 9.47 Å². The van der Waals surface area contributed by atoms with E-state index >= 15 is 0 Å². The van der Waals surface area contributed by atoms with Crippen LogP contribution in [0.5, 0.6) is 0 Å². The van der Waals surface area contributed by atoms with Gasteiger partial charge in [-0.2, -0.15) is 0 Å². The Morgan fingerprint density at radius 2 is 1.88 bits per heavy atom. The monoisotopic (exact) mass is 344 g/mol. The molecule has 2 rings (SSSR count). The summed E-state index contributed by atoms with van der Waals surface area (Å²) in [6, 6.07) is 6.40. The number of anilines is 1. The summed E-state index contributed by atoms with van der Waals surface area (Å²) in [5.74, 6) is -1.02. The number of pyridine rings is 1. The van der Waals surface area contributed by atoms with Gasteiger partial charge in [0.05, 0.1) is 10.5 Å². The van der Waals surface area contributed by atoms with Crippen LogP contribution in [-0.4, -0.2) is 40.3 Å². The number of nitro groups is 1. The zero-order valence-corrected chi connectivity index (χ0v) is 13.8. The van der Waals surface area contributed by atoms with Crippen molar-refractivity contribution >= 4 is 23.2 Å². The van der Waals surface area contributed by atoms with E-state index in [9.17, 15) is 24.5 Å². The molecule has 0 fully saturated rings. The molecule has 0 atom stereocenters. The highest BCUT2D eigenvalue weighted by molar-refractivity contribution is 6.05. The highest BCUT2D eigenvalue weighted by Crippen LogP contribution is 2.15. The summed E-state index contributed by atoms with van der Waals surface area (Å²) in [4.78, 5) is 48.0. The smallest absolute Gasteiger partial charge is 0.274 e. The summed E-state index contributed by atoms with van der Waals surface area (Å²) < 4.78 is 1.18. The molecule has 2 amide bonds. The third kappa shape index (κ3) is 3.89. The van der Waals surface area contributed by atoms with Gasteiger partial charge in [0.2, 0.25) is 0 Å². The minimum absolute atomic E-state index is 0.0283. The number of aryl methyl sites for hydroxylation is 1. The summed E-state index contributed by atoms with van der Waals surface area (Å²) in [5.41, 5.74) is -0.583. The minimum atomic E-state index is -0.685. The molecule has 0 aliphatic carbocycles. The zero-order valence-electron chi connectivity index (χ0n) is 13.8. The van der Waals surface area contributed by atoms with Crippen LogP contribution >= 0.6 is 0 Å². The number of rotatable bonds is 4. The predicted octanol–water partition coefficient (Wildman–Crippen LogP) is 1.25. The average Bonchev–Trinajstić information content (AvgIpc) is 2.57. The second-order valence-electron chi connectivity index (χ2n) is 5.52. The largest absolute Gasteiger partial charge is 0.345 e. The topological polar surface area (TPSA) is 115 Å². The fraction of sp³-hybridized carbons (Fsp3) is 0.188. The number of nitro benzene ring substituents is 1. The standard InChI is InChI=1S/C16H16N4O5/c1-18(2)15(22)11-8-13(16(23)19(3)9-11)17-14(21)10-5-4-6-12(7-10)20(24)25/h4-9H,1-3H3,(H,17,21). The van der Waals surface area contributed by atoms with Gasteiger partial charge < -0.3 is 14.8 Å². The molecule has 0 saturated carbocycles. The molecular weight excluding hydrogens is 328 g/mol. The van der Waals surface area contributed by atoms with Gasteiger partial charge in [0.15, 0.2) is 0 Å². The van der Waals surface area contributed by atoms with Crippen LogP contribution in [0.3, 0.4) is 0 Å². The first kappa shape index (κ1) is 17.9. The van der Waals surface area contributed by atoms with Crippen LogP contribution in [0.1, 0.15) is 20.7 Å². The van der Waals surface area contributed by atoms with Crippen molar-refractivity contribution in [1.29, 1.82) is 0 Å². The van der Waals surface area contributed by atoms with Gasteiger partial charge in [0.25, 0.3) is 23.1 Å². The Hall–Kier alpha value is -3.49. The van der Waals surface area contributed by atoms with E-state index in [-0.39, 0.29) is 28.4 Å². The Kier molecular flexibility index (Phi) is 4.97. The highest BCUT2D eigenvalue weighted by Gasteiger charge is 2.16. The van der Waals surface area contributed by atoms with E-state index in [1.807, 2.05) is 0 Å². The van der Waals surface area contributed by atoms with Gasteiger partial charge in [-0.25, -0.2) is 0 Å². The second kappa shape index (κ2) is 6.95. The zero-order chi connectivity index (χ0) is 18.7. The number of hydrogen-bond donors (Lipinski definition) is 1. The van der Waals surface area contributed by atoms with Crippen LogP contribution < -0.4 is 10.9 Å². The highest BCUT2D eigenvalue weighted by atomic mass is 16.6. The van der Waals surface area contributed by atoms with Crippen molar-refractivity contribution in [2.75, 3.05) is 19.4 Å². The molecule has 130 valence electrons. The van der Waals surface area contributed by atoms with Gasteiger partial charge in [-0.3, -0.25) is 24.5 Å². The van der Waals surface area contributed by atoms with Crippen molar-refractivity contribution in [2.24, 2.45) is 7.05 Å². The van der Waals surface area contributed by atoms with Gasteiger partial charge in [-0.05, 0) is 12.1 Å². The van der Waals surface area contributed by atoms with Crippen LogP contribution in [-0.2, 0) is 7.05 Å². The molecule has 0 aliphatic heterocycles. The Bertz CT molecular complexity index is 917. The number of nitrogens with zero attached hydrogens (tertiary/aromatic N) is 3. The molecule has 25 heavy (non-hydrogen) atoms. The fourth-order valence-electron chi connectivity index (χ4n) is 2.13. The number of non-ortho nitro benzene ring substituents is 1. The summed E-state index contributed by atoms with van der Waals surface area (Å²) in [5, 5.41) is 13.2. The molecule has 1 heterocycles. The van der Waals surface area contributed by atoms with Gasteiger partial charge >= 0.3 is 0 Å². The lowest BCUT2D eigenvalue weighted by Gasteiger charge is -2.13. The van der Waals surface area contributed by atoms with Crippen molar-refractivity contribution in [3.05, 3.63) is 68.1 Å². The lowest BCUT2D eigenvalue weighted by molar-refractivity contribution is -0.384. The Labute approximate surface area is 142 Å². The number of carbonyl (C=O) groups is 2. The normalized spacial score (nSPS) is 10.2. The molecule has 0 radical (unpaired) electrons. The maximum atomic E-state index is 12.3. The third-order valence-corrected chi connectivity index (χ3v) is 3.40. The molecule has 0 saturated heterocycles. The molecule has 0 unspecified atom stereocenters. The van der Waals surface area contributed by atoms with Crippen LogP contribution in [0.25, 0.3) is 0 Å². The van der Waals surface area contributed by atoms with E-state index in [0.29, 0.717) is 0 Å². The quantitative estimate of drug-likeness (QED) is 0.662. The van der Waals surface area contributed by atoms with E-state index < -0.39 is 16.4 Å². The Balaban J connectivity index is 2.38. The number of hydrogen-bond acceptors (Lipinski definition) is 5. The lowest BCUT2D eigenvalue weighted by atomic mass is 10.1. The van der Waals surface area contributed by atoms with E-state index in [1.54, 1.807) is 14.1 Å². The van der Waals surface area contributed by atoms with Gasteiger partial charge in [-0.1, -0.05) is 6.07 Å². The van der Waals surface area contributed by atoms with Gasteiger partial charge in [-0.15, -0.1) is 0 Å². The first-order valence-corrected chi connectivity index (χ1v) is 7.19. The molecule has 9 nitrogen and oxygen atoms in total. The second-order valence-corrected chi connectivity index (χ2v) is 5.52. The maximum absolute atomic E-state index is 12.3. The fourth-order valence-corrected chi connectivity index (χ4v) is 2.13. The van der Waals surface area contributed by atoms with Crippen molar-refractivity contribution in [3.8, 4) is 0 Å². The SMILES string of the molecule is CN(C)C(=O)c1cc(NC(=O)c2cccc([N+](=O)[O-])c2)c(=O)n(C)c1. The van der Waals surface area contributed by atoms with E-state index in [4.69, 9.17) is 0 Å². The van der Waals surface area contributed by atoms with Gasteiger partial charge in [0.1, 0.15) is 5.69 Å². The summed E-state index contributed by atoms with van der Waals surface area (Å²) in [7, 11) is 4.58. The summed E-state index contributed by atoms with van der Waals surface area (Å²) in [6.45, 7) is 0. The lowest BCUT2D eigenvalue weighted by Crippen LogP contribution is -2.28. The number of benzene rings is 1.